The maximum absolute atomic E-state index is 5.53. The molecular weight excluding hydrogens is 216 g/mol. The average Bonchev–Trinajstić information content (AvgIpc) is 2.30. The van der Waals surface area contributed by atoms with E-state index in [2.05, 4.69) is 25.7 Å². The number of rotatable bonds is 12. The number of likely N-dealkylation sites (N-methyl/N-ethyl adjacent to an activating group) is 1. The Bertz CT molecular complexity index is 154. The molecule has 0 spiro atoms. The molecule has 0 aromatic rings. The zero-order chi connectivity index (χ0) is 12.9. The largest absolute Gasteiger partial charge is 0.379 e. The van der Waals surface area contributed by atoms with Gasteiger partial charge in [-0.1, -0.05) is 20.8 Å². The number of nitrogens with two attached hydrogens (primary N) is 1. The number of nitrogens with zero attached hydrogens (tertiary/aromatic N) is 1. The van der Waals surface area contributed by atoms with Crippen molar-refractivity contribution in [2.45, 2.75) is 27.2 Å². The molecule has 104 valence electrons. The van der Waals surface area contributed by atoms with Gasteiger partial charge >= 0.3 is 0 Å². The Morgan fingerprint density at radius 1 is 1.06 bits per heavy atom. The molecule has 0 heterocycles. The lowest BCUT2D eigenvalue weighted by Crippen LogP contribution is -2.31. The number of hydrogen-bond donors (Lipinski definition) is 1. The molecular formula is C13H30N2O2. The minimum Gasteiger partial charge on any atom is -0.379 e. The lowest BCUT2D eigenvalue weighted by molar-refractivity contribution is 0.0378. The van der Waals surface area contributed by atoms with E-state index in [1.54, 1.807) is 0 Å². The van der Waals surface area contributed by atoms with Crippen LogP contribution in [0.4, 0.5) is 0 Å². The smallest absolute Gasteiger partial charge is 0.0701 e. The fourth-order valence-corrected chi connectivity index (χ4v) is 1.60. The first-order chi connectivity index (χ1) is 8.20. The second-order valence-corrected chi connectivity index (χ2v) is 4.65. The maximum Gasteiger partial charge on any atom is 0.0701 e. The van der Waals surface area contributed by atoms with Gasteiger partial charge in [0, 0.05) is 19.7 Å². The van der Waals surface area contributed by atoms with Crippen LogP contribution in [0.15, 0.2) is 0 Å². The van der Waals surface area contributed by atoms with Gasteiger partial charge in [-0.05, 0) is 25.4 Å². The van der Waals surface area contributed by atoms with Gasteiger partial charge in [0.25, 0.3) is 0 Å². The minimum absolute atomic E-state index is 0.677. The van der Waals surface area contributed by atoms with Crippen LogP contribution in [0.1, 0.15) is 27.2 Å². The summed E-state index contributed by atoms with van der Waals surface area (Å²) in [7, 11) is 0. The van der Waals surface area contributed by atoms with Gasteiger partial charge in [-0.15, -0.1) is 0 Å². The van der Waals surface area contributed by atoms with Crippen LogP contribution in [-0.2, 0) is 9.47 Å². The van der Waals surface area contributed by atoms with E-state index in [0.717, 1.165) is 45.2 Å². The van der Waals surface area contributed by atoms with E-state index in [1.165, 1.54) is 0 Å². The highest BCUT2D eigenvalue weighted by Gasteiger charge is 2.04. The van der Waals surface area contributed by atoms with Crippen molar-refractivity contribution >= 4 is 0 Å². The first-order valence-electron chi connectivity index (χ1n) is 6.78. The van der Waals surface area contributed by atoms with Gasteiger partial charge in [-0.2, -0.15) is 0 Å². The lowest BCUT2D eigenvalue weighted by atomic mass is 10.2. The van der Waals surface area contributed by atoms with Crippen LogP contribution in [0, 0.1) is 5.92 Å². The fourth-order valence-electron chi connectivity index (χ4n) is 1.60. The molecule has 0 aromatic heterocycles. The molecule has 0 radical (unpaired) electrons. The topological polar surface area (TPSA) is 47.7 Å². The Hall–Kier alpha value is -0.160. The molecule has 0 bridgehead atoms. The number of ether oxygens (including phenoxy) is 2. The normalized spacial score (nSPS) is 11.6. The third kappa shape index (κ3) is 12.1. The van der Waals surface area contributed by atoms with Gasteiger partial charge < -0.3 is 20.1 Å². The van der Waals surface area contributed by atoms with Gasteiger partial charge in [0.15, 0.2) is 0 Å². The minimum atomic E-state index is 0.677. The molecule has 0 aliphatic rings. The van der Waals surface area contributed by atoms with E-state index in [1.807, 2.05) is 0 Å². The van der Waals surface area contributed by atoms with Crippen LogP contribution < -0.4 is 5.73 Å². The van der Waals surface area contributed by atoms with Crippen LogP contribution >= 0.6 is 0 Å². The van der Waals surface area contributed by atoms with Crippen molar-refractivity contribution in [3.63, 3.8) is 0 Å². The van der Waals surface area contributed by atoms with Crippen LogP contribution in [-0.4, -0.2) is 57.5 Å². The first-order valence-corrected chi connectivity index (χ1v) is 6.78. The standard InChI is InChI=1S/C13H30N2O2/c1-4-15(12-13(2)3)7-9-17-11-10-16-8-5-6-14/h13H,4-12,14H2,1-3H3. The van der Waals surface area contributed by atoms with Gasteiger partial charge in [0.2, 0.25) is 0 Å². The molecule has 17 heavy (non-hydrogen) atoms. The van der Waals surface area contributed by atoms with Crippen molar-refractivity contribution in [1.82, 2.24) is 4.90 Å². The molecule has 0 unspecified atom stereocenters. The zero-order valence-corrected chi connectivity index (χ0v) is 11.8. The Morgan fingerprint density at radius 3 is 2.24 bits per heavy atom. The van der Waals surface area contributed by atoms with Crippen molar-refractivity contribution in [3.8, 4) is 0 Å². The van der Waals surface area contributed by atoms with E-state index in [9.17, 15) is 0 Å². The van der Waals surface area contributed by atoms with Crippen LogP contribution in [0.2, 0.25) is 0 Å². The summed E-state index contributed by atoms with van der Waals surface area (Å²) in [6.45, 7) is 13.5. The fraction of sp³-hybridized carbons (Fsp3) is 1.00. The summed E-state index contributed by atoms with van der Waals surface area (Å²) >= 11 is 0. The highest BCUT2D eigenvalue weighted by Crippen LogP contribution is 1.97. The summed E-state index contributed by atoms with van der Waals surface area (Å²) in [6, 6.07) is 0. The highest BCUT2D eigenvalue weighted by atomic mass is 16.5. The van der Waals surface area contributed by atoms with Crippen molar-refractivity contribution in [3.05, 3.63) is 0 Å². The molecule has 4 nitrogen and oxygen atoms in total. The summed E-state index contributed by atoms with van der Waals surface area (Å²) in [5, 5.41) is 0. The van der Waals surface area contributed by atoms with E-state index >= 15 is 0 Å². The van der Waals surface area contributed by atoms with Crippen molar-refractivity contribution in [2.75, 3.05) is 52.6 Å². The lowest BCUT2D eigenvalue weighted by Gasteiger charge is -2.22. The SMILES string of the molecule is CCN(CCOCCOCCCN)CC(C)C. The van der Waals surface area contributed by atoms with E-state index in [4.69, 9.17) is 15.2 Å². The predicted octanol–water partition coefficient (Wildman–Crippen LogP) is 1.35. The van der Waals surface area contributed by atoms with Crippen LogP contribution in [0.5, 0.6) is 0 Å². The summed E-state index contributed by atoms with van der Waals surface area (Å²) in [5.41, 5.74) is 5.36. The maximum atomic E-state index is 5.53. The summed E-state index contributed by atoms with van der Waals surface area (Å²) in [6.07, 6.45) is 0.929. The molecule has 0 aliphatic carbocycles. The molecule has 0 aliphatic heterocycles. The van der Waals surface area contributed by atoms with Crippen molar-refractivity contribution < 1.29 is 9.47 Å². The molecule has 0 saturated carbocycles. The van der Waals surface area contributed by atoms with E-state index in [0.29, 0.717) is 19.8 Å². The molecule has 0 fully saturated rings. The van der Waals surface area contributed by atoms with Gasteiger partial charge in [0.05, 0.1) is 19.8 Å². The molecule has 2 N–H and O–H groups in total. The molecule has 0 amide bonds. The second kappa shape index (κ2) is 12.3. The number of hydrogen-bond acceptors (Lipinski definition) is 4. The van der Waals surface area contributed by atoms with Crippen LogP contribution in [0.3, 0.4) is 0 Å². The Balaban J connectivity index is 3.25. The molecule has 0 rings (SSSR count). The van der Waals surface area contributed by atoms with Crippen LogP contribution in [0.25, 0.3) is 0 Å². The quantitative estimate of drug-likeness (QED) is 0.528. The molecule has 0 atom stereocenters. The molecule has 0 aromatic carbocycles. The Morgan fingerprint density at radius 2 is 1.71 bits per heavy atom. The monoisotopic (exact) mass is 246 g/mol. The second-order valence-electron chi connectivity index (χ2n) is 4.65. The zero-order valence-electron chi connectivity index (χ0n) is 11.8. The molecule has 0 saturated heterocycles. The summed E-state index contributed by atoms with van der Waals surface area (Å²) in [4.78, 5) is 2.42. The highest BCUT2D eigenvalue weighted by molar-refractivity contribution is 4.57. The Labute approximate surface area is 106 Å². The van der Waals surface area contributed by atoms with E-state index < -0.39 is 0 Å². The van der Waals surface area contributed by atoms with Gasteiger partial charge in [0.1, 0.15) is 0 Å². The van der Waals surface area contributed by atoms with Crippen molar-refractivity contribution in [1.29, 1.82) is 0 Å². The van der Waals surface area contributed by atoms with Gasteiger partial charge in [-0.25, -0.2) is 0 Å². The summed E-state index contributed by atoms with van der Waals surface area (Å²) in [5.74, 6) is 0.717. The summed E-state index contributed by atoms with van der Waals surface area (Å²) < 4.78 is 10.9. The first kappa shape index (κ1) is 16.8. The predicted molar refractivity (Wildman–Crippen MR) is 72.3 cm³/mol. The van der Waals surface area contributed by atoms with Crippen molar-refractivity contribution in [2.24, 2.45) is 11.7 Å². The van der Waals surface area contributed by atoms with E-state index in [-0.39, 0.29) is 0 Å². The Kier molecular flexibility index (Phi) is 12.2. The molecule has 4 heteroatoms. The third-order valence-corrected chi connectivity index (χ3v) is 2.49. The third-order valence-electron chi connectivity index (χ3n) is 2.49. The van der Waals surface area contributed by atoms with Gasteiger partial charge in [-0.3, -0.25) is 0 Å². The average molecular weight is 246 g/mol.